The number of aryl methyl sites for hydroxylation is 1. The van der Waals surface area contributed by atoms with Gasteiger partial charge in [-0.05, 0) is 48.4 Å². The predicted molar refractivity (Wildman–Crippen MR) is 119 cm³/mol. The maximum Gasteiger partial charge on any atom is 0.260 e. The highest BCUT2D eigenvalue weighted by molar-refractivity contribution is 7.22. The minimum absolute atomic E-state index is 0.00123. The number of fused-ring (bicyclic) bond motifs is 1. The lowest BCUT2D eigenvalue weighted by Gasteiger charge is -2.21. The van der Waals surface area contributed by atoms with Gasteiger partial charge in [0.05, 0.1) is 37.4 Å². The van der Waals surface area contributed by atoms with Crippen molar-refractivity contribution in [2.75, 3.05) is 51.1 Å². The van der Waals surface area contributed by atoms with E-state index in [4.69, 9.17) is 4.98 Å². The highest BCUT2D eigenvalue weighted by Gasteiger charge is 2.22. The summed E-state index contributed by atoms with van der Waals surface area (Å²) in [7, 11) is 8.18. The molecule has 0 atom stereocenters. The largest absolute Gasteiger partial charge is 0.378 e. The van der Waals surface area contributed by atoms with Gasteiger partial charge in [0.2, 0.25) is 0 Å². The number of quaternary nitrogens is 1. The summed E-state index contributed by atoms with van der Waals surface area (Å²) in [6.45, 7) is 3.64. The third-order valence-electron chi connectivity index (χ3n) is 4.79. The summed E-state index contributed by atoms with van der Waals surface area (Å²) in [6, 6.07) is 14.1. The van der Waals surface area contributed by atoms with Crippen LogP contribution in [-0.2, 0) is 6.42 Å². The van der Waals surface area contributed by atoms with Gasteiger partial charge in [0.15, 0.2) is 5.13 Å². The van der Waals surface area contributed by atoms with Gasteiger partial charge in [-0.25, -0.2) is 4.98 Å². The van der Waals surface area contributed by atoms with Crippen molar-refractivity contribution < 1.29 is 9.69 Å². The molecule has 6 heteroatoms. The van der Waals surface area contributed by atoms with Crippen LogP contribution in [0.4, 0.5) is 10.8 Å². The van der Waals surface area contributed by atoms with Crippen molar-refractivity contribution >= 4 is 38.3 Å². The molecule has 1 amide bonds. The monoisotopic (exact) mass is 397 g/mol. The Labute approximate surface area is 171 Å². The minimum atomic E-state index is 0.00123. The Hall–Kier alpha value is -2.44. The van der Waals surface area contributed by atoms with E-state index >= 15 is 0 Å². The molecule has 3 rings (SSSR count). The number of anilines is 2. The van der Waals surface area contributed by atoms with Crippen LogP contribution in [0.1, 0.15) is 22.8 Å². The minimum Gasteiger partial charge on any atom is -0.378 e. The number of hydrogen-bond acceptors (Lipinski definition) is 4. The van der Waals surface area contributed by atoms with Crippen molar-refractivity contribution in [3.8, 4) is 0 Å². The molecule has 148 valence electrons. The van der Waals surface area contributed by atoms with Gasteiger partial charge in [-0.3, -0.25) is 9.69 Å². The Kier molecular flexibility index (Phi) is 6.31. The molecule has 2 aromatic carbocycles. The summed E-state index contributed by atoms with van der Waals surface area (Å²) < 4.78 is 1.13. The SMILES string of the molecule is CCc1ccc2nc(N(CC[NH+](C)C)C(=O)c3ccc(N(C)C)cc3)sc2c1. The second-order valence-corrected chi connectivity index (χ2v) is 8.52. The maximum atomic E-state index is 13.3. The number of hydrogen-bond donors (Lipinski definition) is 1. The number of carbonyl (C=O) groups excluding carboxylic acids is 1. The fourth-order valence-electron chi connectivity index (χ4n) is 2.97. The van der Waals surface area contributed by atoms with Gasteiger partial charge >= 0.3 is 0 Å². The second kappa shape index (κ2) is 8.71. The van der Waals surface area contributed by atoms with Gasteiger partial charge in [-0.2, -0.15) is 0 Å². The Balaban J connectivity index is 1.94. The van der Waals surface area contributed by atoms with E-state index in [1.165, 1.54) is 10.5 Å². The summed E-state index contributed by atoms with van der Waals surface area (Å²) >= 11 is 1.59. The van der Waals surface area contributed by atoms with Crippen LogP contribution in [0, 0.1) is 0 Å². The number of nitrogens with one attached hydrogen (secondary N) is 1. The molecule has 0 bridgehead atoms. The van der Waals surface area contributed by atoms with E-state index in [1.807, 2.05) is 48.2 Å². The smallest absolute Gasteiger partial charge is 0.260 e. The van der Waals surface area contributed by atoms with Crippen LogP contribution in [0.3, 0.4) is 0 Å². The lowest BCUT2D eigenvalue weighted by molar-refractivity contribution is -0.856. The van der Waals surface area contributed by atoms with E-state index < -0.39 is 0 Å². The Bertz CT molecular complexity index is 947. The zero-order valence-corrected chi connectivity index (χ0v) is 18.1. The second-order valence-electron chi connectivity index (χ2n) is 7.51. The molecule has 0 aliphatic carbocycles. The van der Waals surface area contributed by atoms with Crippen molar-refractivity contribution in [3.63, 3.8) is 0 Å². The molecule has 1 heterocycles. The van der Waals surface area contributed by atoms with Crippen LogP contribution in [-0.4, -0.2) is 52.2 Å². The number of rotatable bonds is 7. The molecule has 0 saturated carbocycles. The van der Waals surface area contributed by atoms with Crippen LogP contribution < -0.4 is 14.7 Å². The lowest BCUT2D eigenvalue weighted by atomic mass is 10.1. The first-order chi connectivity index (χ1) is 13.4. The molecular formula is C22H29N4OS+. The fourth-order valence-corrected chi connectivity index (χ4v) is 4.02. The number of amides is 1. The van der Waals surface area contributed by atoms with Gasteiger partial charge in [0.1, 0.15) is 0 Å². The summed E-state index contributed by atoms with van der Waals surface area (Å²) in [4.78, 5) is 23.2. The summed E-state index contributed by atoms with van der Waals surface area (Å²) in [5.74, 6) is 0.00123. The quantitative estimate of drug-likeness (QED) is 0.666. The van der Waals surface area contributed by atoms with Gasteiger partial charge in [0.25, 0.3) is 5.91 Å². The van der Waals surface area contributed by atoms with E-state index in [-0.39, 0.29) is 5.91 Å². The number of thiazole rings is 1. The Morgan fingerprint density at radius 1 is 1.11 bits per heavy atom. The van der Waals surface area contributed by atoms with E-state index in [9.17, 15) is 4.79 Å². The van der Waals surface area contributed by atoms with E-state index in [2.05, 4.69) is 39.2 Å². The topological polar surface area (TPSA) is 40.9 Å². The summed E-state index contributed by atoms with van der Waals surface area (Å²) in [6.07, 6.45) is 0.994. The Morgan fingerprint density at radius 2 is 1.82 bits per heavy atom. The molecule has 0 unspecified atom stereocenters. The first-order valence-corrected chi connectivity index (χ1v) is 10.5. The molecule has 0 spiro atoms. The van der Waals surface area contributed by atoms with E-state index in [1.54, 1.807) is 11.3 Å². The van der Waals surface area contributed by atoms with E-state index in [0.717, 1.165) is 34.0 Å². The van der Waals surface area contributed by atoms with Gasteiger partial charge < -0.3 is 9.80 Å². The van der Waals surface area contributed by atoms with Crippen molar-refractivity contribution in [2.45, 2.75) is 13.3 Å². The van der Waals surface area contributed by atoms with Crippen LogP contribution in [0.5, 0.6) is 0 Å². The van der Waals surface area contributed by atoms with Crippen LogP contribution >= 0.6 is 11.3 Å². The zero-order chi connectivity index (χ0) is 20.3. The number of benzene rings is 2. The maximum absolute atomic E-state index is 13.3. The normalized spacial score (nSPS) is 11.2. The highest BCUT2D eigenvalue weighted by atomic mass is 32.1. The molecule has 1 aromatic heterocycles. The number of aromatic nitrogens is 1. The third kappa shape index (κ3) is 4.51. The van der Waals surface area contributed by atoms with Gasteiger partial charge in [0, 0.05) is 25.3 Å². The van der Waals surface area contributed by atoms with Crippen molar-refractivity contribution in [3.05, 3.63) is 53.6 Å². The molecule has 1 N–H and O–H groups in total. The molecule has 0 radical (unpaired) electrons. The van der Waals surface area contributed by atoms with Gasteiger partial charge in [-0.1, -0.05) is 24.3 Å². The first kappa shape index (κ1) is 20.3. The average Bonchev–Trinajstić information content (AvgIpc) is 3.10. The fraction of sp³-hybridized carbons (Fsp3) is 0.364. The van der Waals surface area contributed by atoms with E-state index in [0.29, 0.717) is 12.1 Å². The summed E-state index contributed by atoms with van der Waals surface area (Å²) in [5.41, 5.74) is 4.01. The molecule has 0 aliphatic rings. The third-order valence-corrected chi connectivity index (χ3v) is 5.83. The predicted octanol–water partition coefficient (Wildman–Crippen LogP) is 2.72. The first-order valence-electron chi connectivity index (χ1n) is 9.66. The molecule has 0 aliphatic heterocycles. The molecule has 3 aromatic rings. The molecule has 0 saturated heterocycles. The van der Waals surface area contributed by atoms with Crippen LogP contribution in [0.25, 0.3) is 10.2 Å². The van der Waals surface area contributed by atoms with Crippen molar-refractivity contribution in [2.24, 2.45) is 0 Å². The van der Waals surface area contributed by atoms with Crippen LogP contribution in [0.2, 0.25) is 0 Å². The van der Waals surface area contributed by atoms with Crippen molar-refractivity contribution in [1.29, 1.82) is 0 Å². The molecular weight excluding hydrogens is 368 g/mol. The average molecular weight is 398 g/mol. The molecule has 28 heavy (non-hydrogen) atoms. The zero-order valence-electron chi connectivity index (χ0n) is 17.3. The standard InChI is InChI=1S/C22H28N4OS/c1-6-16-7-12-19-20(15-16)28-22(23-19)26(14-13-24(2)3)21(27)17-8-10-18(11-9-17)25(4)5/h7-12,15H,6,13-14H2,1-5H3/p+1. The lowest BCUT2D eigenvalue weighted by Crippen LogP contribution is -3.06. The number of likely N-dealkylation sites (N-methyl/N-ethyl adjacent to an activating group) is 1. The van der Waals surface area contributed by atoms with Crippen LogP contribution in [0.15, 0.2) is 42.5 Å². The summed E-state index contributed by atoms with van der Waals surface area (Å²) in [5, 5.41) is 0.770. The van der Waals surface area contributed by atoms with Gasteiger partial charge in [-0.15, -0.1) is 0 Å². The number of nitrogens with zero attached hydrogens (tertiary/aromatic N) is 3. The Morgan fingerprint density at radius 3 is 2.43 bits per heavy atom. The molecule has 0 fully saturated rings. The van der Waals surface area contributed by atoms with Crippen molar-refractivity contribution in [1.82, 2.24) is 4.98 Å². The molecule has 5 nitrogen and oxygen atoms in total. The highest BCUT2D eigenvalue weighted by Crippen LogP contribution is 2.30. The number of carbonyl (C=O) groups is 1.